The molecule has 3 aromatic rings. The zero-order valence-corrected chi connectivity index (χ0v) is 21.1. The zero-order chi connectivity index (χ0) is 26.1. The number of imide groups is 2. The van der Waals surface area contributed by atoms with Crippen LogP contribution in [0.15, 0.2) is 54.1 Å². The number of amides is 4. The number of halogens is 2. The summed E-state index contributed by atoms with van der Waals surface area (Å²) in [4.78, 5) is 51.4. The number of barbiturate groups is 1. The lowest BCUT2D eigenvalue weighted by atomic mass is 10.1. The summed E-state index contributed by atoms with van der Waals surface area (Å²) in [5.41, 5.74) is 3.09. The van der Waals surface area contributed by atoms with Crippen molar-refractivity contribution >= 4 is 58.8 Å². The number of aromatic nitrogens is 1. The van der Waals surface area contributed by atoms with Crippen LogP contribution in [0.25, 0.3) is 11.8 Å². The van der Waals surface area contributed by atoms with E-state index in [0.29, 0.717) is 21.8 Å². The van der Waals surface area contributed by atoms with Gasteiger partial charge in [0.15, 0.2) is 0 Å². The summed E-state index contributed by atoms with van der Waals surface area (Å²) in [6.07, 6.45) is 1.43. The third-order valence-corrected chi connectivity index (χ3v) is 6.18. The summed E-state index contributed by atoms with van der Waals surface area (Å²) in [6.45, 7) is 5.68. The van der Waals surface area contributed by atoms with Gasteiger partial charge in [0.1, 0.15) is 5.57 Å². The van der Waals surface area contributed by atoms with E-state index in [-0.39, 0.29) is 22.9 Å². The van der Waals surface area contributed by atoms with Gasteiger partial charge in [0.25, 0.3) is 11.8 Å². The molecule has 2 aromatic carbocycles. The van der Waals surface area contributed by atoms with Gasteiger partial charge < -0.3 is 9.30 Å². The number of aryl methyl sites for hydroxylation is 1. The average molecular weight is 526 g/mol. The van der Waals surface area contributed by atoms with E-state index in [1.165, 1.54) is 24.3 Å². The molecular formula is C26H21Cl2N3O5. The molecule has 1 aromatic heterocycles. The predicted octanol–water partition coefficient (Wildman–Crippen LogP) is 5.24. The fourth-order valence-electron chi connectivity index (χ4n) is 4.01. The van der Waals surface area contributed by atoms with Gasteiger partial charge in [0.05, 0.1) is 22.9 Å². The van der Waals surface area contributed by atoms with Crippen LogP contribution >= 0.6 is 23.2 Å². The molecular weight excluding hydrogens is 505 g/mol. The van der Waals surface area contributed by atoms with Gasteiger partial charge >= 0.3 is 12.0 Å². The van der Waals surface area contributed by atoms with Crippen molar-refractivity contribution in [1.29, 1.82) is 0 Å². The standard InChI is InChI=1S/C26H21Cl2N3O5/c1-4-36-25(34)16-6-5-7-19(11-16)30-14(2)10-17(15(30)3)12-20-23(32)29-26(35)31(24(20)33)22-9-8-18(27)13-21(22)28/h5-13H,4H2,1-3H3,(H,29,32,35)/b20-12+. The van der Waals surface area contributed by atoms with E-state index in [2.05, 4.69) is 5.32 Å². The minimum Gasteiger partial charge on any atom is -0.462 e. The van der Waals surface area contributed by atoms with Crippen molar-refractivity contribution in [2.45, 2.75) is 20.8 Å². The molecule has 1 aliphatic heterocycles. The molecule has 2 heterocycles. The monoisotopic (exact) mass is 525 g/mol. The van der Waals surface area contributed by atoms with E-state index < -0.39 is 23.8 Å². The number of anilines is 1. The second-order valence-corrected chi connectivity index (χ2v) is 8.83. The number of carbonyl (C=O) groups is 4. The lowest BCUT2D eigenvalue weighted by Crippen LogP contribution is -2.54. The van der Waals surface area contributed by atoms with Crippen LogP contribution in [0.1, 0.15) is 34.2 Å². The van der Waals surface area contributed by atoms with Gasteiger partial charge in [0, 0.05) is 22.1 Å². The molecule has 1 aliphatic rings. The number of ether oxygens (including phenoxy) is 1. The smallest absolute Gasteiger partial charge is 0.338 e. The molecule has 8 nitrogen and oxygen atoms in total. The van der Waals surface area contributed by atoms with Gasteiger partial charge in [-0.2, -0.15) is 0 Å². The van der Waals surface area contributed by atoms with Crippen molar-refractivity contribution in [3.63, 3.8) is 0 Å². The van der Waals surface area contributed by atoms with E-state index in [1.54, 1.807) is 31.2 Å². The lowest BCUT2D eigenvalue weighted by Gasteiger charge is -2.27. The molecule has 1 N–H and O–H groups in total. The molecule has 0 radical (unpaired) electrons. The summed E-state index contributed by atoms with van der Waals surface area (Å²) in [5, 5.41) is 2.60. The van der Waals surface area contributed by atoms with Crippen LogP contribution in [0.3, 0.4) is 0 Å². The number of esters is 1. The SMILES string of the molecule is CCOC(=O)c1cccc(-n2c(C)cc(/C=C3\C(=O)NC(=O)N(c4ccc(Cl)cc4Cl)C3=O)c2C)c1. The first-order valence-corrected chi connectivity index (χ1v) is 11.7. The molecule has 0 aliphatic carbocycles. The van der Waals surface area contributed by atoms with Gasteiger partial charge in [-0.15, -0.1) is 0 Å². The predicted molar refractivity (Wildman–Crippen MR) is 137 cm³/mol. The number of benzene rings is 2. The fourth-order valence-corrected chi connectivity index (χ4v) is 4.50. The maximum Gasteiger partial charge on any atom is 0.338 e. The van der Waals surface area contributed by atoms with Gasteiger partial charge in [-0.1, -0.05) is 29.3 Å². The summed E-state index contributed by atoms with van der Waals surface area (Å²) in [7, 11) is 0. The minimum absolute atomic E-state index is 0.0827. The number of urea groups is 1. The van der Waals surface area contributed by atoms with Crippen molar-refractivity contribution in [3.05, 3.63) is 86.7 Å². The summed E-state index contributed by atoms with van der Waals surface area (Å²) in [5.74, 6) is -2.07. The number of rotatable bonds is 5. The maximum atomic E-state index is 13.3. The molecule has 184 valence electrons. The van der Waals surface area contributed by atoms with E-state index in [4.69, 9.17) is 27.9 Å². The number of hydrogen-bond donors (Lipinski definition) is 1. The van der Waals surface area contributed by atoms with Gasteiger partial charge in [-0.3, -0.25) is 14.9 Å². The summed E-state index contributed by atoms with van der Waals surface area (Å²) < 4.78 is 6.98. The van der Waals surface area contributed by atoms with E-state index in [0.717, 1.165) is 16.3 Å². The number of hydrogen-bond acceptors (Lipinski definition) is 5. The van der Waals surface area contributed by atoms with Crippen molar-refractivity contribution in [2.24, 2.45) is 0 Å². The van der Waals surface area contributed by atoms with Crippen LogP contribution in [-0.4, -0.2) is 35.0 Å². The highest BCUT2D eigenvalue weighted by Crippen LogP contribution is 2.32. The van der Waals surface area contributed by atoms with Crippen LogP contribution in [0.2, 0.25) is 10.0 Å². The summed E-state index contributed by atoms with van der Waals surface area (Å²) in [6, 6.07) is 12.2. The Morgan fingerprint density at radius 2 is 1.81 bits per heavy atom. The quantitative estimate of drug-likeness (QED) is 0.279. The molecule has 0 saturated carbocycles. The third-order valence-electron chi connectivity index (χ3n) is 5.64. The number of nitrogens with zero attached hydrogens (tertiary/aromatic N) is 2. The van der Waals surface area contributed by atoms with E-state index in [9.17, 15) is 19.2 Å². The molecule has 4 rings (SSSR count). The highest BCUT2D eigenvalue weighted by atomic mass is 35.5. The highest BCUT2D eigenvalue weighted by Gasteiger charge is 2.38. The van der Waals surface area contributed by atoms with Gasteiger partial charge in [-0.25, -0.2) is 14.5 Å². The molecule has 0 atom stereocenters. The Bertz CT molecular complexity index is 1460. The first-order valence-electron chi connectivity index (χ1n) is 11.0. The molecule has 10 heteroatoms. The Balaban J connectivity index is 1.75. The molecule has 1 fully saturated rings. The fraction of sp³-hybridized carbons (Fsp3) is 0.154. The van der Waals surface area contributed by atoms with E-state index in [1.807, 2.05) is 24.5 Å². The van der Waals surface area contributed by atoms with Crippen molar-refractivity contribution < 1.29 is 23.9 Å². The van der Waals surface area contributed by atoms with Crippen molar-refractivity contribution in [1.82, 2.24) is 9.88 Å². The largest absolute Gasteiger partial charge is 0.462 e. The van der Waals surface area contributed by atoms with Crippen molar-refractivity contribution in [2.75, 3.05) is 11.5 Å². The molecule has 1 saturated heterocycles. The van der Waals surface area contributed by atoms with E-state index >= 15 is 0 Å². The van der Waals surface area contributed by atoms with Crippen LogP contribution < -0.4 is 10.2 Å². The first kappa shape index (κ1) is 25.2. The number of carbonyl (C=O) groups excluding carboxylic acids is 4. The Hall–Kier alpha value is -3.88. The normalized spacial score (nSPS) is 14.9. The Kier molecular flexibility index (Phi) is 7.01. The zero-order valence-electron chi connectivity index (χ0n) is 19.6. The molecule has 36 heavy (non-hydrogen) atoms. The van der Waals surface area contributed by atoms with Crippen LogP contribution in [0.5, 0.6) is 0 Å². The second-order valence-electron chi connectivity index (χ2n) is 7.99. The Morgan fingerprint density at radius 3 is 2.50 bits per heavy atom. The van der Waals surface area contributed by atoms with Crippen LogP contribution in [-0.2, 0) is 14.3 Å². The molecule has 4 amide bonds. The highest BCUT2D eigenvalue weighted by molar-refractivity contribution is 6.42. The molecule has 0 unspecified atom stereocenters. The van der Waals surface area contributed by atoms with Gasteiger partial charge in [0.2, 0.25) is 0 Å². The average Bonchev–Trinajstić information content (AvgIpc) is 3.10. The third kappa shape index (κ3) is 4.65. The van der Waals surface area contributed by atoms with Crippen molar-refractivity contribution in [3.8, 4) is 5.69 Å². The minimum atomic E-state index is -0.910. The van der Waals surface area contributed by atoms with Crippen LogP contribution in [0, 0.1) is 13.8 Å². The second kappa shape index (κ2) is 10.0. The Labute approximate surface area is 217 Å². The topological polar surface area (TPSA) is 97.7 Å². The first-order chi connectivity index (χ1) is 17.1. The summed E-state index contributed by atoms with van der Waals surface area (Å²) >= 11 is 12.1. The molecule has 0 bridgehead atoms. The van der Waals surface area contributed by atoms with Crippen LogP contribution in [0.4, 0.5) is 10.5 Å². The number of nitrogens with one attached hydrogen (secondary N) is 1. The lowest BCUT2D eigenvalue weighted by molar-refractivity contribution is -0.122. The Morgan fingerprint density at radius 1 is 1.06 bits per heavy atom. The van der Waals surface area contributed by atoms with Gasteiger partial charge in [-0.05, 0) is 74.9 Å². The maximum absolute atomic E-state index is 13.3. The molecule has 0 spiro atoms.